The molecule has 0 spiro atoms. The van der Waals surface area contributed by atoms with E-state index >= 15 is 0 Å². The van der Waals surface area contributed by atoms with Crippen LogP contribution >= 0.6 is 0 Å². The number of benzene rings is 2. The molecule has 0 unspecified atom stereocenters. The van der Waals surface area contributed by atoms with Crippen molar-refractivity contribution in [3.8, 4) is 22.9 Å². The largest absolute Gasteiger partial charge is 0.437 e. The number of aliphatic hydroxyl groups is 1. The second kappa shape index (κ2) is 11.8. The van der Waals surface area contributed by atoms with Crippen molar-refractivity contribution in [1.82, 2.24) is 20.3 Å². The summed E-state index contributed by atoms with van der Waals surface area (Å²) in [7, 11) is 0. The Morgan fingerprint density at radius 1 is 1.05 bits per heavy atom. The van der Waals surface area contributed by atoms with Crippen LogP contribution in [0.5, 0.6) is 11.6 Å². The number of ether oxygens (including phenoxy) is 1. The third-order valence-corrected chi connectivity index (χ3v) is 7.27. The van der Waals surface area contributed by atoms with Crippen LogP contribution in [0, 0.1) is 13.8 Å². The van der Waals surface area contributed by atoms with Gasteiger partial charge in [0.25, 0.3) is 0 Å². The fourth-order valence-electron chi connectivity index (χ4n) is 5.07. The van der Waals surface area contributed by atoms with Crippen molar-refractivity contribution < 1.29 is 23.0 Å². The second-order valence-corrected chi connectivity index (χ2v) is 10.2. The third kappa shape index (κ3) is 6.18. The van der Waals surface area contributed by atoms with E-state index in [4.69, 9.17) is 9.72 Å². The van der Waals surface area contributed by atoms with Gasteiger partial charge in [0.1, 0.15) is 11.9 Å². The van der Waals surface area contributed by atoms with Gasteiger partial charge in [0, 0.05) is 30.4 Å². The number of pyridine rings is 1. The first-order valence-electron chi connectivity index (χ1n) is 13.4. The van der Waals surface area contributed by atoms with Crippen molar-refractivity contribution in [3.05, 3.63) is 71.5 Å². The minimum Gasteiger partial charge on any atom is -0.437 e. The lowest BCUT2D eigenvalue weighted by Crippen LogP contribution is -2.38. The topological polar surface area (TPSA) is 92.2 Å². The molecule has 0 amide bonds. The van der Waals surface area contributed by atoms with E-state index in [0.29, 0.717) is 28.8 Å². The summed E-state index contributed by atoms with van der Waals surface area (Å²) >= 11 is 0. The van der Waals surface area contributed by atoms with Crippen molar-refractivity contribution in [1.29, 1.82) is 0 Å². The molecule has 0 radical (unpaired) electrons. The van der Waals surface area contributed by atoms with Crippen LogP contribution in [0.15, 0.2) is 54.9 Å². The van der Waals surface area contributed by atoms with Crippen LogP contribution < -0.4 is 15.4 Å². The minimum atomic E-state index is -4.65. The minimum absolute atomic E-state index is 0.0778. The Morgan fingerprint density at radius 2 is 1.85 bits per heavy atom. The molecule has 3 heterocycles. The van der Waals surface area contributed by atoms with Gasteiger partial charge in [-0.25, -0.2) is 15.0 Å². The molecule has 0 aliphatic carbocycles. The van der Waals surface area contributed by atoms with Crippen molar-refractivity contribution in [2.24, 2.45) is 0 Å². The van der Waals surface area contributed by atoms with Crippen LogP contribution in [0.4, 0.5) is 19.1 Å². The SMILES string of the molecule is Cc1ccc2c(Oc3ncccc3-c3ccnc(N[C@H]4CCCNC4)n3)c(C)ccc2c1CC[C@H](O)C(F)(F)F. The molecule has 2 aromatic carbocycles. The zero-order chi connectivity index (χ0) is 28.3. The summed E-state index contributed by atoms with van der Waals surface area (Å²) in [4.78, 5) is 13.6. The molecule has 5 rings (SSSR count). The molecule has 2 aromatic heterocycles. The second-order valence-electron chi connectivity index (χ2n) is 10.2. The number of anilines is 1. The van der Waals surface area contributed by atoms with Gasteiger partial charge in [-0.2, -0.15) is 13.2 Å². The Bertz CT molecular complexity index is 1490. The number of nitrogens with one attached hydrogen (secondary N) is 2. The van der Waals surface area contributed by atoms with Crippen LogP contribution in [0.25, 0.3) is 22.0 Å². The third-order valence-electron chi connectivity index (χ3n) is 7.27. The maximum absolute atomic E-state index is 13.0. The van der Waals surface area contributed by atoms with Crippen molar-refractivity contribution in [3.63, 3.8) is 0 Å². The van der Waals surface area contributed by atoms with Crippen LogP contribution in [0.2, 0.25) is 0 Å². The van der Waals surface area contributed by atoms with E-state index in [1.165, 1.54) is 0 Å². The van der Waals surface area contributed by atoms with Gasteiger partial charge in [0.05, 0.1) is 11.3 Å². The zero-order valence-corrected chi connectivity index (χ0v) is 22.4. The van der Waals surface area contributed by atoms with E-state index in [-0.39, 0.29) is 12.5 Å². The molecule has 3 N–H and O–H groups in total. The van der Waals surface area contributed by atoms with Gasteiger partial charge >= 0.3 is 6.18 Å². The highest BCUT2D eigenvalue weighted by Crippen LogP contribution is 2.39. The van der Waals surface area contributed by atoms with Crippen LogP contribution in [0.3, 0.4) is 0 Å². The molecular formula is C30H32F3N5O2. The van der Waals surface area contributed by atoms with E-state index in [1.807, 2.05) is 50.2 Å². The number of rotatable bonds is 8. The van der Waals surface area contributed by atoms with Crippen LogP contribution in [-0.2, 0) is 6.42 Å². The first kappa shape index (κ1) is 27.8. The molecule has 1 aliphatic rings. The number of aliphatic hydroxyl groups excluding tert-OH is 1. The maximum atomic E-state index is 13.0. The van der Waals surface area contributed by atoms with Crippen molar-refractivity contribution in [2.45, 2.75) is 57.9 Å². The summed E-state index contributed by atoms with van der Waals surface area (Å²) < 4.78 is 45.3. The number of nitrogens with zero attached hydrogens (tertiary/aromatic N) is 3. The van der Waals surface area contributed by atoms with Gasteiger partial charge in [-0.1, -0.05) is 24.3 Å². The summed E-state index contributed by atoms with van der Waals surface area (Å²) in [5, 5.41) is 17.9. The fraction of sp³-hybridized carbons (Fsp3) is 0.367. The highest BCUT2D eigenvalue weighted by atomic mass is 19.4. The molecular weight excluding hydrogens is 519 g/mol. The van der Waals surface area contributed by atoms with Gasteiger partial charge in [-0.3, -0.25) is 0 Å². The number of hydrogen-bond donors (Lipinski definition) is 3. The molecule has 210 valence electrons. The quantitative estimate of drug-likeness (QED) is 0.243. The summed E-state index contributed by atoms with van der Waals surface area (Å²) in [5.41, 5.74) is 3.79. The fourth-order valence-corrected chi connectivity index (χ4v) is 5.07. The average molecular weight is 552 g/mol. The van der Waals surface area contributed by atoms with Crippen LogP contribution in [0.1, 0.15) is 36.0 Å². The first-order chi connectivity index (χ1) is 19.2. The summed E-state index contributed by atoms with van der Waals surface area (Å²) in [5.74, 6) is 1.45. The number of hydrogen-bond acceptors (Lipinski definition) is 7. The van der Waals surface area contributed by atoms with E-state index in [0.717, 1.165) is 53.4 Å². The smallest absolute Gasteiger partial charge is 0.414 e. The van der Waals surface area contributed by atoms with E-state index < -0.39 is 18.7 Å². The van der Waals surface area contributed by atoms with Gasteiger partial charge in [-0.15, -0.1) is 0 Å². The Balaban J connectivity index is 1.47. The number of halogens is 3. The van der Waals surface area contributed by atoms with Gasteiger partial charge in [0.15, 0.2) is 0 Å². The van der Waals surface area contributed by atoms with E-state index in [2.05, 4.69) is 20.6 Å². The highest BCUT2D eigenvalue weighted by Gasteiger charge is 2.37. The molecule has 10 heteroatoms. The molecule has 0 bridgehead atoms. The molecule has 1 fully saturated rings. The highest BCUT2D eigenvalue weighted by molar-refractivity contribution is 5.93. The Kier molecular flexibility index (Phi) is 8.18. The summed E-state index contributed by atoms with van der Waals surface area (Å²) in [6, 6.07) is 13.3. The normalized spacial score (nSPS) is 16.6. The molecule has 4 aromatic rings. The molecule has 40 heavy (non-hydrogen) atoms. The van der Waals surface area contributed by atoms with Crippen molar-refractivity contribution >= 4 is 16.7 Å². The number of alkyl halides is 3. The van der Waals surface area contributed by atoms with Gasteiger partial charge in [-0.05, 0) is 86.4 Å². The Morgan fingerprint density at radius 3 is 2.62 bits per heavy atom. The lowest BCUT2D eigenvalue weighted by molar-refractivity contribution is -0.205. The molecule has 2 atom stereocenters. The molecule has 7 nitrogen and oxygen atoms in total. The first-order valence-corrected chi connectivity index (χ1v) is 13.4. The number of aryl methyl sites for hydroxylation is 3. The molecule has 1 saturated heterocycles. The predicted octanol–water partition coefficient (Wildman–Crippen LogP) is 6.12. The van der Waals surface area contributed by atoms with Gasteiger partial charge < -0.3 is 20.5 Å². The number of fused-ring (bicyclic) bond motifs is 1. The predicted molar refractivity (Wildman–Crippen MR) is 149 cm³/mol. The van der Waals surface area contributed by atoms with Crippen LogP contribution in [-0.4, -0.2) is 51.5 Å². The molecule has 1 aliphatic heterocycles. The summed E-state index contributed by atoms with van der Waals surface area (Å²) in [6.45, 7) is 5.64. The lowest BCUT2D eigenvalue weighted by atomic mass is 9.93. The van der Waals surface area contributed by atoms with E-state index in [9.17, 15) is 18.3 Å². The number of piperidine rings is 1. The van der Waals surface area contributed by atoms with Gasteiger partial charge in [0.2, 0.25) is 11.8 Å². The Hall–Kier alpha value is -3.76. The molecule has 0 saturated carbocycles. The van der Waals surface area contributed by atoms with Crippen molar-refractivity contribution in [2.75, 3.05) is 18.4 Å². The average Bonchev–Trinajstić information content (AvgIpc) is 2.94. The monoisotopic (exact) mass is 551 g/mol. The maximum Gasteiger partial charge on any atom is 0.414 e. The van der Waals surface area contributed by atoms with E-state index in [1.54, 1.807) is 18.5 Å². The Labute approximate surface area is 230 Å². The number of aromatic nitrogens is 3. The zero-order valence-electron chi connectivity index (χ0n) is 22.4. The lowest BCUT2D eigenvalue weighted by Gasteiger charge is -2.23. The summed E-state index contributed by atoms with van der Waals surface area (Å²) in [6.07, 6.45) is -1.89. The standard InChI is InChI=1S/C30H32F3N5O2/c1-18-7-10-23-22(21(18)11-12-26(39)30(31,32)33)9-8-19(2)27(23)40-28-24(6-4-15-35-28)25-13-16-36-29(38-25)37-20-5-3-14-34-17-20/h4,6-10,13,15-16,20,26,34,39H,3,5,11-12,14,17H2,1-2H3,(H,36,37,38)/t20-,26-/m0/s1.